The molecule has 1 aromatic rings. The van der Waals surface area contributed by atoms with Gasteiger partial charge in [0.25, 0.3) is 0 Å². The lowest BCUT2D eigenvalue weighted by molar-refractivity contribution is -0.126. The van der Waals surface area contributed by atoms with Gasteiger partial charge in [-0.05, 0) is 31.2 Å². The average molecular weight is 353 g/mol. The average Bonchev–Trinajstić information content (AvgIpc) is 2.91. The molecule has 0 radical (unpaired) electrons. The Bertz CT molecular complexity index is 573. The van der Waals surface area contributed by atoms with Crippen molar-refractivity contribution in [2.45, 2.75) is 53.1 Å². The Labute approximate surface area is 148 Å². The molecule has 2 amide bonds. The minimum absolute atomic E-state index is 0.0168. The van der Waals surface area contributed by atoms with E-state index >= 15 is 0 Å². The molecule has 0 saturated carbocycles. The van der Waals surface area contributed by atoms with E-state index in [0.717, 1.165) is 31.2 Å². The van der Waals surface area contributed by atoms with Gasteiger partial charge < -0.3 is 10.6 Å². The normalized spacial score (nSPS) is 20.0. The molecule has 2 N–H and O–H groups in total. The van der Waals surface area contributed by atoms with Gasteiger partial charge in [-0.2, -0.15) is 0 Å². The number of aromatic nitrogens is 1. The first-order valence-corrected chi connectivity index (χ1v) is 9.48. The summed E-state index contributed by atoms with van der Waals surface area (Å²) >= 11 is 1.43. The van der Waals surface area contributed by atoms with E-state index in [9.17, 15) is 9.59 Å². The molecule has 1 aliphatic heterocycles. The van der Waals surface area contributed by atoms with Crippen LogP contribution in [-0.2, 0) is 16.1 Å². The van der Waals surface area contributed by atoms with E-state index in [2.05, 4.69) is 27.4 Å². The molecule has 0 unspecified atom stereocenters. The number of anilines is 1. The SMILES string of the molecule is CC(=O)N[C@H](C(=O)Nc1nc(CN2CCC[C@@H](C)C2)cs1)C(C)C. The number of amides is 2. The van der Waals surface area contributed by atoms with Gasteiger partial charge in [0.15, 0.2) is 5.13 Å². The summed E-state index contributed by atoms with van der Waals surface area (Å²) in [7, 11) is 0. The van der Waals surface area contributed by atoms with Crippen molar-refractivity contribution < 1.29 is 9.59 Å². The van der Waals surface area contributed by atoms with Gasteiger partial charge in [-0.1, -0.05) is 20.8 Å². The molecule has 7 heteroatoms. The van der Waals surface area contributed by atoms with Gasteiger partial charge in [0.1, 0.15) is 6.04 Å². The van der Waals surface area contributed by atoms with E-state index in [1.807, 2.05) is 19.2 Å². The van der Waals surface area contributed by atoms with Gasteiger partial charge >= 0.3 is 0 Å². The summed E-state index contributed by atoms with van der Waals surface area (Å²) in [6.07, 6.45) is 2.54. The number of carbonyl (C=O) groups excluding carboxylic acids is 2. The smallest absolute Gasteiger partial charge is 0.248 e. The predicted octanol–water partition coefficient (Wildman–Crippen LogP) is 2.47. The summed E-state index contributed by atoms with van der Waals surface area (Å²) in [4.78, 5) is 30.6. The number of nitrogens with one attached hydrogen (secondary N) is 2. The third kappa shape index (κ3) is 5.56. The van der Waals surface area contributed by atoms with Crippen LogP contribution in [0.2, 0.25) is 0 Å². The maximum atomic E-state index is 12.4. The molecule has 0 spiro atoms. The van der Waals surface area contributed by atoms with Crippen molar-refractivity contribution >= 4 is 28.3 Å². The van der Waals surface area contributed by atoms with Gasteiger partial charge in [-0.25, -0.2) is 4.98 Å². The molecular weight excluding hydrogens is 324 g/mol. The molecule has 6 nitrogen and oxygen atoms in total. The Hall–Kier alpha value is -1.47. The highest BCUT2D eigenvalue weighted by Crippen LogP contribution is 2.21. The van der Waals surface area contributed by atoms with Gasteiger partial charge in [0, 0.05) is 25.4 Å². The second kappa shape index (κ2) is 8.58. The molecule has 1 aliphatic rings. The molecule has 1 saturated heterocycles. The van der Waals surface area contributed by atoms with E-state index in [1.165, 1.54) is 31.1 Å². The first-order valence-electron chi connectivity index (χ1n) is 8.60. The highest BCUT2D eigenvalue weighted by Gasteiger charge is 2.24. The van der Waals surface area contributed by atoms with Crippen LogP contribution in [0.5, 0.6) is 0 Å². The lowest BCUT2D eigenvalue weighted by Crippen LogP contribution is -2.46. The zero-order chi connectivity index (χ0) is 17.7. The van der Waals surface area contributed by atoms with Gasteiger partial charge in [-0.15, -0.1) is 11.3 Å². The number of rotatable bonds is 6. The fourth-order valence-corrected chi connectivity index (χ4v) is 3.74. The molecule has 2 atom stereocenters. The highest BCUT2D eigenvalue weighted by atomic mass is 32.1. The first-order chi connectivity index (χ1) is 11.3. The number of likely N-dealkylation sites (tertiary alicyclic amines) is 1. The molecule has 1 aromatic heterocycles. The molecule has 0 bridgehead atoms. The van der Waals surface area contributed by atoms with Crippen LogP contribution in [0.25, 0.3) is 0 Å². The third-order valence-corrected chi connectivity index (χ3v) is 5.02. The quantitative estimate of drug-likeness (QED) is 0.825. The van der Waals surface area contributed by atoms with Crippen LogP contribution >= 0.6 is 11.3 Å². The number of hydrogen-bond donors (Lipinski definition) is 2. The molecule has 2 heterocycles. The third-order valence-electron chi connectivity index (χ3n) is 4.22. The van der Waals surface area contributed by atoms with Crippen LogP contribution in [0.3, 0.4) is 0 Å². The van der Waals surface area contributed by atoms with Crippen LogP contribution in [-0.4, -0.2) is 40.8 Å². The minimum atomic E-state index is -0.544. The Kier molecular flexibility index (Phi) is 6.74. The summed E-state index contributed by atoms with van der Waals surface area (Å²) < 4.78 is 0. The monoisotopic (exact) mass is 352 g/mol. The number of piperidine rings is 1. The van der Waals surface area contributed by atoms with Crippen molar-refractivity contribution in [3.8, 4) is 0 Å². The van der Waals surface area contributed by atoms with Crippen molar-refractivity contribution in [3.05, 3.63) is 11.1 Å². The fraction of sp³-hybridized carbons (Fsp3) is 0.706. The standard InChI is InChI=1S/C17H28N4O2S/c1-11(2)15(18-13(4)22)16(23)20-17-19-14(10-24-17)9-21-7-5-6-12(3)8-21/h10-12,15H,5-9H2,1-4H3,(H,18,22)(H,19,20,23)/t12-,15+/m1/s1. The maximum Gasteiger partial charge on any atom is 0.248 e. The summed E-state index contributed by atoms with van der Waals surface area (Å²) in [5.41, 5.74) is 0.991. The molecule has 0 aliphatic carbocycles. The van der Waals surface area contributed by atoms with Crippen LogP contribution in [0.1, 0.15) is 46.2 Å². The van der Waals surface area contributed by atoms with Crippen LogP contribution in [0.4, 0.5) is 5.13 Å². The molecular formula is C17H28N4O2S. The van der Waals surface area contributed by atoms with Crippen molar-refractivity contribution in [1.82, 2.24) is 15.2 Å². The molecule has 0 aromatic carbocycles. The summed E-state index contributed by atoms with van der Waals surface area (Å²) in [5, 5.41) is 8.12. The van der Waals surface area contributed by atoms with Gasteiger partial charge in [0.2, 0.25) is 11.8 Å². The number of nitrogens with zero attached hydrogens (tertiary/aromatic N) is 2. The molecule has 24 heavy (non-hydrogen) atoms. The summed E-state index contributed by atoms with van der Waals surface area (Å²) in [5.74, 6) is 0.333. The Morgan fingerprint density at radius 1 is 1.46 bits per heavy atom. The topological polar surface area (TPSA) is 74.3 Å². The van der Waals surface area contributed by atoms with Crippen molar-refractivity contribution in [1.29, 1.82) is 0 Å². The molecule has 1 fully saturated rings. The largest absolute Gasteiger partial charge is 0.344 e. The van der Waals surface area contributed by atoms with E-state index in [0.29, 0.717) is 5.13 Å². The number of carbonyl (C=O) groups is 2. The van der Waals surface area contributed by atoms with E-state index < -0.39 is 6.04 Å². The zero-order valence-corrected chi connectivity index (χ0v) is 15.8. The lowest BCUT2D eigenvalue weighted by Gasteiger charge is -2.30. The zero-order valence-electron chi connectivity index (χ0n) is 15.0. The van der Waals surface area contributed by atoms with Crippen molar-refractivity contribution in [2.75, 3.05) is 18.4 Å². The van der Waals surface area contributed by atoms with Gasteiger partial charge in [0.05, 0.1) is 5.69 Å². The summed E-state index contributed by atoms with van der Waals surface area (Å²) in [6.45, 7) is 10.6. The molecule has 2 rings (SSSR count). The number of thiazole rings is 1. The Morgan fingerprint density at radius 2 is 2.21 bits per heavy atom. The fourth-order valence-electron chi connectivity index (χ4n) is 3.03. The van der Waals surface area contributed by atoms with E-state index in [4.69, 9.17) is 0 Å². The summed E-state index contributed by atoms with van der Waals surface area (Å²) in [6, 6.07) is -0.544. The van der Waals surface area contributed by atoms with Crippen LogP contribution in [0, 0.1) is 11.8 Å². The van der Waals surface area contributed by atoms with Crippen molar-refractivity contribution in [2.24, 2.45) is 11.8 Å². The van der Waals surface area contributed by atoms with Crippen LogP contribution in [0.15, 0.2) is 5.38 Å². The molecule has 134 valence electrons. The minimum Gasteiger partial charge on any atom is -0.344 e. The van der Waals surface area contributed by atoms with E-state index in [1.54, 1.807) is 0 Å². The first kappa shape index (κ1) is 18.9. The maximum absolute atomic E-state index is 12.4. The second-order valence-corrected chi connectivity index (χ2v) is 7.90. The van der Waals surface area contributed by atoms with Crippen LogP contribution < -0.4 is 10.6 Å². The lowest BCUT2D eigenvalue weighted by atomic mass is 10.0. The van der Waals surface area contributed by atoms with E-state index in [-0.39, 0.29) is 17.7 Å². The second-order valence-electron chi connectivity index (χ2n) is 7.04. The number of hydrogen-bond acceptors (Lipinski definition) is 5. The van der Waals surface area contributed by atoms with Gasteiger partial charge in [-0.3, -0.25) is 14.5 Å². The highest BCUT2D eigenvalue weighted by molar-refractivity contribution is 7.13. The Morgan fingerprint density at radius 3 is 2.83 bits per heavy atom. The Balaban J connectivity index is 1.92. The van der Waals surface area contributed by atoms with Crippen molar-refractivity contribution in [3.63, 3.8) is 0 Å². The predicted molar refractivity (Wildman–Crippen MR) is 96.9 cm³/mol.